The molecule has 1 atom stereocenters. The van der Waals surface area contributed by atoms with Gasteiger partial charge in [0.15, 0.2) is 17.3 Å². The van der Waals surface area contributed by atoms with E-state index < -0.39 is 0 Å². The van der Waals surface area contributed by atoms with E-state index in [4.69, 9.17) is 21.7 Å². The first-order valence-corrected chi connectivity index (χ1v) is 9.75. The molecule has 5 nitrogen and oxygen atoms in total. The Morgan fingerprint density at radius 3 is 2.85 bits per heavy atom. The maximum absolute atomic E-state index is 12.4. The number of para-hydroxylation sites is 2. The number of benzene rings is 1. The minimum absolute atomic E-state index is 0.00982. The van der Waals surface area contributed by atoms with Gasteiger partial charge in [-0.2, -0.15) is 0 Å². The first-order valence-electron chi connectivity index (χ1n) is 8.29. The molecule has 26 heavy (non-hydrogen) atoms. The van der Waals surface area contributed by atoms with Crippen LogP contribution in [0.5, 0.6) is 11.5 Å². The lowest BCUT2D eigenvalue weighted by atomic mass is 10.1. The van der Waals surface area contributed by atoms with Crippen molar-refractivity contribution in [3.05, 3.63) is 54.4 Å². The van der Waals surface area contributed by atoms with Crippen LogP contribution in [0, 0.1) is 0 Å². The highest BCUT2D eigenvalue weighted by Gasteiger charge is 2.29. The first-order chi connectivity index (χ1) is 12.7. The third kappa shape index (κ3) is 4.53. The number of carbonyl (C=O) groups is 1. The Labute approximate surface area is 162 Å². The van der Waals surface area contributed by atoms with E-state index >= 15 is 0 Å². The molecule has 0 bridgehead atoms. The molecule has 1 unspecified atom stereocenters. The van der Waals surface area contributed by atoms with Crippen LogP contribution in [-0.4, -0.2) is 52.0 Å². The van der Waals surface area contributed by atoms with Crippen molar-refractivity contribution in [2.75, 3.05) is 26.0 Å². The van der Waals surface area contributed by atoms with Crippen LogP contribution < -0.4 is 9.47 Å². The Morgan fingerprint density at radius 1 is 1.31 bits per heavy atom. The molecule has 0 aliphatic carbocycles. The van der Waals surface area contributed by atoms with Crippen LogP contribution >= 0.6 is 24.0 Å². The van der Waals surface area contributed by atoms with Gasteiger partial charge in [-0.3, -0.25) is 9.78 Å². The van der Waals surface area contributed by atoms with Gasteiger partial charge >= 0.3 is 0 Å². The lowest BCUT2D eigenvalue weighted by Crippen LogP contribution is -2.38. The zero-order valence-electron chi connectivity index (χ0n) is 14.5. The van der Waals surface area contributed by atoms with Gasteiger partial charge < -0.3 is 14.4 Å². The number of aromatic nitrogens is 1. The number of ketones is 1. The zero-order chi connectivity index (χ0) is 18.4. The van der Waals surface area contributed by atoms with Crippen molar-refractivity contribution in [3.63, 3.8) is 0 Å². The monoisotopic (exact) mass is 388 g/mol. The summed E-state index contributed by atoms with van der Waals surface area (Å²) in [5.41, 5.74) is 0.587. The molecule has 7 heteroatoms. The molecule has 0 N–H and O–H groups in total. The Kier molecular flexibility index (Phi) is 6.46. The molecule has 1 aliphatic rings. The van der Waals surface area contributed by atoms with E-state index in [1.807, 2.05) is 24.3 Å². The molecule has 1 aromatic carbocycles. The van der Waals surface area contributed by atoms with E-state index in [9.17, 15) is 4.79 Å². The van der Waals surface area contributed by atoms with Crippen LogP contribution in [0.2, 0.25) is 0 Å². The Balaban J connectivity index is 1.59. The van der Waals surface area contributed by atoms with Gasteiger partial charge in [-0.15, -0.1) is 11.8 Å². The summed E-state index contributed by atoms with van der Waals surface area (Å²) in [6, 6.07) is 11.1. The van der Waals surface area contributed by atoms with Gasteiger partial charge in [0.25, 0.3) is 0 Å². The van der Waals surface area contributed by atoms with Gasteiger partial charge in [0, 0.05) is 30.3 Å². The van der Waals surface area contributed by atoms with Gasteiger partial charge in [0.1, 0.15) is 12.0 Å². The number of rotatable bonds is 7. The molecular weight excluding hydrogens is 368 g/mol. The fourth-order valence-electron chi connectivity index (χ4n) is 2.71. The molecule has 0 radical (unpaired) electrons. The number of Topliss-reactive ketones (excluding diaryl/α,β-unsaturated/α-hetero) is 1. The van der Waals surface area contributed by atoms with Crippen molar-refractivity contribution in [1.29, 1.82) is 0 Å². The number of hydrogen-bond donors (Lipinski definition) is 0. The number of nitrogens with zero attached hydrogens (tertiary/aromatic N) is 2. The fraction of sp³-hybridized carbons (Fsp3) is 0.316. The Morgan fingerprint density at radius 2 is 2.12 bits per heavy atom. The fourth-order valence-corrected chi connectivity index (χ4v) is 4.28. The Hall–Kier alpha value is -2.12. The summed E-state index contributed by atoms with van der Waals surface area (Å²) < 4.78 is 11.3. The molecule has 0 saturated carbocycles. The molecule has 3 rings (SSSR count). The SMILES string of the molecule is COc1ccccc1OCC1SCCN1C(=S)CC(=O)c1cccnc1. The number of hydrogen-bond acceptors (Lipinski definition) is 6. The average molecular weight is 389 g/mol. The summed E-state index contributed by atoms with van der Waals surface area (Å²) in [5, 5.41) is 0.0918. The number of carbonyl (C=O) groups excluding carboxylic acids is 1. The normalized spacial score (nSPS) is 16.3. The van der Waals surface area contributed by atoms with Crippen LogP contribution in [0.15, 0.2) is 48.8 Å². The minimum atomic E-state index is -0.00982. The summed E-state index contributed by atoms with van der Waals surface area (Å²) >= 11 is 7.32. The van der Waals surface area contributed by atoms with Gasteiger partial charge in [-0.25, -0.2) is 0 Å². The van der Waals surface area contributed by atoms with Gasteiger partial charge in [0.2, 0.25) is 0 Å². The number of thiocarbonyl (C=S) groups is 1. The first kappa shape index (κ1) is 18.7. The van der Waals surface area contributed by atoms with Crippen molar-refractivity contribution in [3.8, 4) is 11.5 Å². The number of methoxy groups -OCH3 is 1. The average Bonchev–Trinajstić information content (AvgIpc) is 3.16. The van der Waals surface area contributed by atoms with Crippen molar-refractivity contribution in [2.24, 2.45) is 0 Å². The maximum Gasteiger partial charge on any atom is 0.171 e. The molecule has 1 aliphatic heterocycles. The molecule has 1 fully saturated rings. The van der Waals surface area contributed by atoms with Crippen molar-refractivity contribution in [2.45, 2.75) is 11.8 Å². The van der Waals surface area contributed by atoms with Crippen LogP contribution in [0.25, 0.3) is 0 Å². The van der Waals surface area contributed by atoms with Crippen molar-refractivity contribution < 1.29 is 14.3 Å². The summed E-state index contributed by atoms with van der Waals surface area (Å²) in [5.74, 6) is 2.36. The quantitative estimate of drug-likeness (QED) is 0.532. The highest BCUT2D eigenvalue weighted by atomic mass is 32.2. The third-order valence-corrected chi connectivity index (χ3v) is 5.63. The predicted octanol–water partition coefficient (Wildman–Crippen LogP) is 3.44. The summed E-state index contributed by atoms with van der Waals surface area (Å²) in [6.45, 7) is 1.30. The largest absolute Gasteiger partial charge is 0.493 e. The van der Waals surface area contributed by atoms with Crippen LogP contribution in [0.1, 0.15) is 16.8 Å². The number of thioether (sulfide) groups is 1. The summed E-state index contributed by atoms with van der Waals surface area (Å²) in [6.07, 6.45) is 3.44. The molecule has 136 valence electrons. The molecule has 0 spiro atoms. The standard InChI is InChI=1S/C19H20N2O3S2/c1-23-16-6-2-3-7-17(16)24-13-19-21(9-10-26-19)18(25)11-15(22)14-5-4-8-20-12-14/h2-8,12,19H,9-11,13H2,1H3. The second kappa shape index (κ2) is 9.00. The molecule has 2 heterocycles. The van der Waals surface area contributed by atoms with Gasteiger partial charge in [0.05, 0.1) is 18.5 Å². The highest BCUT2D eigenvalue weighted by Crippen LogP contribution is 2.30. The second-order valence-corrected chi connectivity index (χ2v) is 7.47. The summed E-state index contributed by atoms with van der Waals surface area (Å²) in [4.78, 5) is 19.1. The zero-order valence-corrected chi connectivity index (χ0v) is 16.1. The van der Waals surface area contributed by atoms with Crippen molar-refractivity contribution in [1.82, 2.24) is 9.88 Å². The molecule has 1 aromatic heterocycles. The van der Waals surface area contributed by atoms with Crippen LogP contribution in [-0.2, 0) is 0 Å². The predicted molar refractivity (Wildman–Crippen MR) is 107 cm³/mol. The number of ether oxygens (including phenoxy) is 2. The Bertz CT molecular complexity index is 770. The van der Waals surface area contributed by atoms with Crippen molar-refractivity contribution >= 4 is 34.8 Å². The van der Waals surface area contributed by atoms with Crippen LogP contribution in [0.4, 0.5) is 0 Å². The molecule has 2 aromatic rings. The van der Waals surface area contributed by atoms with Crippen LogP contribution in [0.3, 0.4) is 0 Å². The molecular formula is C19H20N2O3S2. The smallest absolute Gasteiger partial charge is 0.171 e. The van der Waals surface area contributed by atoms with E-state index in [0.717, 1.165) is 12.3 Å². The van der Waals surface area contributed by atoms with E-state index in [1.165, 1.54) is 0 Å². The van der Waals surface area contributed by atoms with E-state index in [2.05, 4.69) is 9.88 Å². The van der Waals surface area contributed by atoms with Gasteiger partial charge in [-0.1, -0.05) is 24.4 Å². The highest BCUT2D eigenvalue weighted by molar-refractivity contribution is 8.00. The van der Waals surface area contributed by atoms with E-state index in [0.29, 0.717) is 28.7 Å². The summed E-state index contributed by atoms with van der Waals surface area (Å²) in [7, 11) is 1.62. The molecule has 0 amide bonds. The van der Waals surface area contributed by atoms with Gasteiger partial charge in [-0.05, 0) is 24.3 Å². The lowest BCUT2D eigenvalue weighted by Gasteiger charge is -2.26. The molecule has 1 saturated heterocycles. The minimum Gasteiger partial charge on any atom is -0.493 e. The topological polar surface area (TPSA) is 51.7 Å². The van der Waals surface area contributed by atoms with E-state index in [1.54, 1.807) is 43.4 Å². The number of pyridine rings is 1. The van der Waals surface area contributed by atoms with E-state index in [-0.39, 0.29) is 17.6 Å². The third-order valence-electron chi connectivity index (χ3n) is 4.06. The second-order valence-electron chi connectivity index (χ2n) is 5.72. The maximum atomic E-state index is 12.4. The lowest BCUT2D eigenvalue weighted by molar-refractivity contribution is 0.0997.